The molecule has 8 heteroatoms. The van der Waals surface area contributed by atoms with Crippen LogP contribution in [0.25, 0.3) is 0 Å². The van der Waals surface area contributed by atoms with Gasteiger partial charge >= 0.3 is 6.09 Å². The first-order valence-corrected chi connectivity index (χ1v) is 13.1. The topological polar surface area (TPSA) is 70.2 Å². The molecule has 2 heterocycles. The zero-order valence-corrected chi connectivity index (χ0v) is 19.5. The number of piperidine rings is 1. The fraction of sp³-hybridized carbons (Fsp3) is 0.696. The quantitative estimate of drug-likeness (QED) is 0.667. The minimum Gasteiger partial charge on any atom is -0.448 e. The fourth-order valence-electron chi connectivity index (χ4n) is 4.94. The largest absolute Gasteiger partial charge is 0.448 e. The van der Waals surface area contributed by atoms with Gasteiger partial charge in [0, 0.05) is 38.3 Å². The van der Waals surface area contributed by atoms with Crippen molar-refractivity contribution in [1.29, 1.82) is 0 Å². The van der Waals surface area contributed by atoms with Crippen molar-refractivity contribution in [3.05, 3.63) is 30.3 Å². The van der Waals surface area contributed by atoms with Gasteiger partial charge in [0.1, 0.15) is 6.61 Å². The van der Waals surface area contributed by atoms with E-state index in [9.17, 15) is 13.2 Å². The molecule has 1 aliphatic carbocycles. The molecular formula is C23H35N3O4S. The molecule has 7 nitrogen and oxygen atoms in total. The van der Waals surface area contributed by atoms with Crippen molar-refractivity contribution in [3.63, 3.8) is 0 Å². The maximum atomic E-state index is 13.6. The van der Waals surface area contributed by atoms with Gasteiger partial charge in [-0.05, 0) is 57.6 Å². The van der Waals surface area contributed by atoms with Gasteiger partial charge in [-0.25, -0.2) is 13.2 Å². The standard InChI is InChI=1S/C23H35N3O4S/c1-18(2)24-13-15-25(16-14-24)23(27)30-17-20-7-6-10-22(19-11-12-19)26(20)31(28,29)21-8-4-3-5-9-21/h3-5,8-9,18-20,22H,6-7,10-17H2,1-2H3/t20-,22+/m1/s1. The zero-order valence-electron chi connectivity index (χ0n) is 18.7. The van der Waals surface area contributed by atoms with Gasteiger partial charge in [0.2, 0.25) is 10.0 Å². The van der Waals surface area contributed by atoms with Gasteiger partial charge in [0.25, 0.3) is 0 Å². The van der Waals surface area contributed by atoms with E-state index in [1.165, 1.54) is 0 Å². The normalized spacial score (nSPS) is 26.2. The summed E-state index contributed by atoms with van der Waals surface area (Å²) in [5.74, 6) is 0.432. The lowest BCUT2D eigenvalue weighted by Crippen LogP contribution is -2.54. The molecule has 3 fully saturated rings. The summed E-state index contributed by atoms with van der Waals surface area (Å²) in [4.78, 5) is 17.1. The van der Waals surface area contributed by atoms with Crippen LogP contribution in [0.15, 0.2) is 35.2 Å². The third kappa shape index (κ3) is 5.07. The van der Waals surface area contributed by atoms with E-state index < -0.39 is 10.0 Å². The van der Waals surface area contributed by atoms with Crippen molar-refractivity contribution in [3.8, 4) is 0 Å². The summed E-state index contributed by atoms with van der Waals surface area (Å²) in [6.45, 7) is 7.43. The number of hydrogen-bond donors (Lipinski definition) is 0. The summed E-state index contributed by atoms with van der Waals surface area (Å²) in [5, 5.41) is 0. The SMILES string of the molecule is CC(C)N1CCN(C(=O)OC[C@H]2CCC[C@@H](C3CC3)N2S(=O)(=O)c2ccccc2)CC1. The van der Waals surface area contributed by atoms with Gasteiger partial charge in [-0.3, -0.25) is 4.90 Å². The van der Waals surface area contributed by atoms with Gasteiger partial charge in [0.15, 0.2) is 0 Å². The molecule has 0 unspecified atom stereocenters. The molecule has 0 spiro atoms. The van der Waals surface area contributed by atoms with Gasteiger partial charge in [-0.15, -0.1) is 0 Å². The van der Waals surface area contributed by atoms with E-state index in [0.717, 1.165) is 45.2 Å². The molecule has 0 aromatic heterocycles. The minimum absolute atomic E-state index is 0.0113. The summed E-state index contributed by atoms with van der Waals surface area (Å²) in [6.07, 6.45) is 4.42. The molecule has 2 atom stereocenters. The summed E-state index contributed by atoms with van der Waals surface area (Å²) in [6, 6.07) is 8.84. The predicted octanol–water partition coefficient (Wildman–Crippen LogP) is 3.17. The Balaban J connectivity index is 1.44. The molecule has 0 bridgehead atoms. The third-order valence-electron chi connectivity index (χ3n) is 6.91. The van der Waals surface area contributed by atoms with Crippen LogP contribution in [0.4, 0.5) is 4.79 Å². The van der Waals surface area contributed by atoms with Crippen molar-refractivity contribution in [1.82, 2.24) is 14.1 Å². The molecular weight excluding hydrogens is 414 g/mol. The average Bonchev–Trinajstić information content (AvgIpc) is 3.63. The number of carbonyl (C=O) groups excluding carboxylic acids is 1. The lowest BCUT2D eigenvalue weighted by molar-refractivity contribution is 0.0427. The molecule has 1 aromatic carbocycles. The number of amides is 1. The highest BCUT2D eigenvalue weighted by atomic mass is 32.2. The van der Waals surface area contributed by atoms with Gasteiger partial charge < -0.3 is 9.64 Å². The van der Waals surface area contributed by atoms with Crippen LogP contribution >= 0.6 is 0 Å². The number of ether oxygens (including phenoxy) is 1. The lowest BCUT2D eigenvalue weighted by Gasteiger charge is -2.41. The molecule has 3 aliphatic rings. The first kappa shape index (κ1) is 22.6. The number of hydrogen-bond acceptors (Lipinski definition) is 5. The number of benzene rings is 1. The lowest BCUT2D eigenvalue weighted by atomic mass is 9.96. The summed E-state index contributed by atoms with van der Waals surface area (Å²) >= 11 is 0. The van der Waals surface area contributed by atoms with E-state index in [1.54, 1.807) is 33.5 Å². The first-order valence-electron chi connectivity index (χ1n) is 11.6. The Bertz CT molecular complexity index is 849. The van der Waals surface area contributed by atoms with Crippen LogP contribution in [-0.4, -0.2) is 79.5 Å². The van der Waals surface area contributed by atoms with Gasteiger partial charge in [0.05, 0.1) is 10.9 Å². The smallest absolute Gasteiger partial charge is 0.409 e. The summed E-state index contributed by atoms with van der Waals surface area (Å²) < 4.78 is 34.5. The Hall–Kier alpha value is -1.64. The first-order chi connectivity index (χ1) is 14.9. The van der Waals surface area contributed by atoms with Crippen molar-refractivity contribution in [2.45, 2.75) is 69.0 Å². The maximum Gasteiger partial charge on any atom is 0.409 e. The number of sulfonamides is 1. The van der Waals surface area contributed by atoms with Gasteiger partial charge in [-0.2, -0.15) is 4.31 Å². The van der Waals surface area contributed by atoms with Gasteiger partial charge in [-0.1, -0.05) is 24.6 Å². The summed E-state index contributed by atoms with van der Waals surface area (Å²) in [7, 11) is -3.63. The highest BCUT2D eigenvalue weighted by Gasteiger charge is 2.46. The van der Waals surface area contributed by atoms with E-state index in [1.807, 2.05) is 6.07 Å². The number of nitrogens with zero attached hydrogens (tertiary/aromatic N) is 3. The second-order valence-electron chi connectivity index (χ2n) is 9.33. The van der Waals surface area contributed by atoms with E-state index >= 15 is 0 Å². The van der Waals surface area contributed by atoms with Crippen LogP contribution in [0.2, 0.25) is 0 Å². The summed E-state index contributed by atoms with van der Waals surface area (Å²) in [5.41, 5.74) is 0. The van der Waals surface area contributed by atoms with Crippen molar-refractivity contribution in [2.24, 2.45) is 5.92 Å². The molecule has 0 N–H and O–H groups in total. The molecule has 1 aromatic rings. The Morgan fingerprint density at radius 1 is 1.03 bits per heavy atom. The van der Waals surface area contributed by atoms with Crippen LogP contribution in [0, 0.1) is 5.92 Å². The molecule has 2 aliphatic heterocycles. The molecule has 1 saturated carbocycles. The van der Waals surface area contributed by atoms with Crippen LogP contribution in [0.3, 0.4) is 0 Å². The third-order valence-corrected chi connectivity index (χ3v) is 8.90. The maximum absolute atomic E-state index is 13.6. The van der Waals surface area contributed by atoms with Crippen molar-refractivity contribution in [2.75, 3.05) is 32.8 Å². The van der Waals surface area contributed by atoms with Crippen molar-refractivity contribution < 1.29 is 17.9 Å². The van der Waals surface area contributed by atoms with Crippen molar-refractivity contribution >= 4 is 16.1 Å². The molecule has 1 amide bonds. The highest BCUT2D eigenvalue weighted by molar-refractivity contribution is 7.89. The highest BCUT2D eigenvalue weighted by Crippen LogP contribution is 2.43. The zero-order chi connectivity index (χ0) is 22.0. The van der Waals surface area contributed by atoms with E-state index in [2.05, 4.69) is 18.7 Å². The second-order valence-corrected chi connectivity index (χ2v) is 11.2. The minimum atomic E-state index is -3.63. The van der Waals surface area contributed by atoms with Crippen LogP contribution in [0.5, 0.6) is 0 Å². The van der Waals surface area contributed by atoms with E-state index in [0.29, 0.717) is 29.9 Å². The monoisotopic (exact) mass is 449 g/mol. The van der Waals surface area contributed by atoms with Crippen LogP contribution < -0.4 is 0 Å². The second kappa shape index (κ2) is 9.46. The number of piperazine rings is 1. The van der Waals surface area contributed by atoms with Crippen LogP contribution in [-0.2, 0) is 14.8 Å². The fourth-order valence-corrected chi connectivity index (χ4v) is 6.87. The van der Waals surface area contributed by atoms with E-state index in [-0.39, 0.29) is 24.8 Å². The van der Waals surface area contributed by atoms with Crippen LogP contribution in [0.1, 0.15) is 46.0 Å². The Labute approximate surface area is 186 Å². The molecule has 0 radical (unpaired) electrons. The Morgan fingerprint density at radius 2 is 1.71 bits per heavy atom. The molecule has 31 heavy (non-hydrogen) atoms. The molecule has 2 saturated heterocycles. The molecule has 172 valence electrons. The average molecular weight is 450 g/mol. The molecule has 4 rings (SSSR count). The number of carbonyl (C=O) groups is 1. The Kier molecular flexibility index (Phi) is 6.89. The predicted molar refractivity (Wildman–Crippen MR) is 119 cm³/mol. The number of rotatable bonds is 6. The van der Waals surface area contributed by atoms with E-state index in [4.69, 9.17) is 4.74 Å². The Morgan fingerprint density at radius 3 is 2.32 bits per heavy atom.